The van der Waals surface area contributed by atoms with Gasteiger partial charge in [-0.25, -0.2) is 12.8 Å². The van der Waals surface area contributed by atoms with Crippen molar-refractivity contribution < 1.29 is 27.1 Å². The van der Waals surface area contributed by atoms with Crippen LogP contribution in [0.25, 0.3) is 0 Å². The number of carbonyl (C=O) groups excluding carboxylic acids is 2. The Labute approximate surface area is 296 Å². The molecular weight excluding hydrogens is 709 g/mol. The third kappa shape index (κ3) is 9.27. The molecule has 0 saturated heterocycles. The Morgan fingerprint density at radius 3 is 2.22 bits per heavy atom. The molecule has 4 aromatic rings. The van der Waals surface area contributed by atoms with Gasteiger partial charge in [-0.2, -0.15) is 0 Å². The van der Waals surface area contributed by atoms with E-state index >= 15 is 0 Å². The van der Waals surface area contributed by atoms with Crippen molar-refractivity contribution in [3.8, 4) is 5.75 Å². The molecule has 1 fully saturated rings. The van der Waals surface area contributed by atoms with E-state index in [1.807, 2.05) is 37.3 Å². The Bertz CT molecular complexity index is 1830. The highest BCUT2D eigenvalue weighted by Gasteiger charge is 2.35. The highest BCUT2D eigenvalue weighted by Crippen LogP contribution is 2.31. The minimum Gasteiger partial charge on any atom is -0.496 e. The smallest absolute Gasteiger partial charge is 0.264 e. The fraction of sp³-hybridized carbons (Fsp3) is 0.316. The first kappa shape index (κ1) is 36.1. The predicted molar refractivity (Wildman–Crippen MR) is 192 cm³/mol. The summed E-state index contributed by atoms with van der Waals surface area (Å²) in [6.07, 6.45) is 5.05. The van der Waals surface area contributed by atoms with Crippen molar-refractivity contribution in [3.05, 3.63) is 124 Å². The number of carbonyl (C=O) groups is 2. The largest absolute Gasteiger partial charge is 0.496 e. The summed E-state index contributed by atoms with van der Waals surface area (Å²) in [7, 11) is -2.82. The van der Waals surface area contributed by atoms with Crippen LogP contribution in [0.4, 0.5) is 10.1 Å². The number of nitrogens with zero attached hydrogens (tertiary/aromatic N) is 2. The standard InChI is InChI=1S/C38H41BrFN3O5S/c1-27-13-19-32(20-14-27)43(49(46,47)33-21-22-36(48-2)34(39)24-33)26-37(44)42(25-29-15-17-30(40)18-16-29)35(23-28-9-5-3-6-10-28)38(45)41-31-11-7-4-8-12-31/h3,5-6,9-10,13-22,24,31,35H,4,7-8,11-12,23,25-26H2,1-2H3,(H,41,45)/t35-/m0/s1. The SMILES string of the molecule is COc1ccc(S(=O)(=O)N(CC(=O)N(Cc2ccc(F)cc2)[C@@H](Cc2ccccc2)C(=O)NC2CCCCC2)c2ccc(C)cc2)cc1Br. The molecule has 1 saturated carbocycles. The summed E-state index contributed by atoms with van der Waals surface area (Å²) in [5, 5.41) is 3.19. The first-order chi connectivity index (χ1) is 23.5. The molecule has 0 heterocycles. The number of halogens is 2. The van der Waals surface area contributed by atoms with Crippen LogP contribution in [0.1, 0.15) is 48.8 Å². The van der Waals surface area contributed by atoms with Crippen molar-refractivity contribution in [2.45, 2.75) is 69.0 Å². The molecule has 0 bridgehead atoms. The quantitative estimate of drug-likeness (QED) is 0.156. The van der Waals surface area contributed by atoms with Gasteiger partial charge in [0.05, 0.1) is 22.2 Å². The molecule has 1 N–H and O–H groups in total. The van der Waals surface area contributed by atoms with Crippen LogP contribution in [0, 0.1) is 12.7 Å². The van der Waals surface area contributed by atoms with Crippen LogP contribution in [0.2, 0.25) is 0 Å². The van der Waals surface area contributed by atoms with Crippen LogP contribution in [0.3, 0.4) is 0 Å². The molecule has 0 unspecified atom stereocenters. The van der Waals surface area contributed by atoms with Gasteiger partial charge in [0.1, 0.15) is 24.2 Å². The summed E-state index contributed by atoms with van der Waals surface area (Å²) in [5.74, 6) is -0.870. The van der Waals surface area contributed by atoms with Gasteiger partial charge in [0.25, 0.3) is 10.0 Å². The fourth-order valence-electron chi connectivity index (χ4n) is 6.06. The molecule has 1 aliphatic carbocycles. The van der Waals surface area contributed by atoms with E-state index < -0.39 is 34.3 Å². The average molecular weight is 751 g/mol. The summed E-state index contributed by atoms with van der Waals surface area (Å²) >= 11 is 3.38. The van der Waals surface area contributed by atoms with Crippen LogP contribution >= 0.6 is 15.9 Å². The monoisotopic (exact) mass is 749 g/mol. The summed E-state index contributed by atoms with van der Waals surface area (Å²) in [6, 6.07) is 25.4. The van der Waals surface area contributed by atoms with Crippen molar-refractivity contribution in [1.82, 2.24) is 10.2 Å². The van der Waals surface area contributed by atoms with E-state index in [0.717, 1.165) is 47.5 Å². The maximum absolute atomic E-state index is 14.7. The zero-order valence-electron chi connectivity index (χ0n) is 27.6. The number of rotatable bonds is 13. The van der Waals surface area contributed by atoms with Gasteiger partial charge >= 0.3 is 0 Å². The molecule has 5 rings (SSSR count). The van der Waals surface area contributed by atoms with Crippen LogP contribution in [0.15, 0.2) is 106 Å². The Balaban J connectivity index is 1.57. The first-order valence-electron chi connectivity index (χ1n) is 16.4. The van der Waals surface area contributed by atoms with E-state index in [-0.39, 0.29) is 29.8 Å². The summed E-state index contributed by atoms with van der Waals surface area (Å²) in [5.41, 5.74) is 2.65. The molecule has 11 heteroatoms. The minimum atomic E-state index is -4.30. The van der Waals surface area contributed by atoms with Gasteiger partial charge in [-0.1, -0.05) is 79.4 Å². The summed E-state index contributed by atoms with van der Waals surface area (Å²) < 4.78 is 49.5. The van der Waals surface area contributed by atoms with E-state index in [0.29, 0.717) is 21.5 Å². The van der Waals surface area contributed by atoms with Gasteiger partial charge in [-0.05, 0) is 89.3 Å². The zero-order chi connectivity index (χ0) is 35.0. The number of anilines is 1. The van der Waals surface area contributed by atoms with E-state index in [2.05, 4.69) is 21.2 Å². The van der Waals surface area contributed by atoms with Crippen molar-refractivity contribution in [2.24, 2.45) is 0 Å². The number of methoxy groups -OCH3 is 1. The van der Waals surface area contributed by atoms with Crippen molar-refractivity contribution >= 4 is 43.5 Å². The lowest BCUT2D eigenvalue weighted by Crippen LogP contribution is -2.55. The van der Waals surface area contributed by atoms with Crippen LogP contribution in [-0.4, -0.2) is 50.9 Å². The number of ether oxygens (including phenoxy) is 1. The second-order valence-electron chi connectivity index (χ2n) is 12.3. The summed E-state index contributed by atoms with van der Waals surface area (Å²) in [4.78, 5) is 30.3. The van der Waals surface area contributed by atoms with Gasteiger partial charge in [0.15, 0.2) is 0 Å². The fourth-order valence-corrected chi connectivity index (χ4v) is 8.19. The van der Waals surface area contributed by atoms with Gasteiger partial charge in [0.2, 0.25) is 11.8 Å². The van der Waals surface area contributed by atoms with Crippen LogP contribution in [-0.2, 0) is 32.6 Å². The number of sulfonamides is 1. The molecule has 258 valence electrons. The third-order valence-corrected chi connectivity index (χ3v) is 11.2. The maximum Gasteiger partial charge on any atom is 0.264 e. The highest BCUT2D eigenvalue weighted by molar-refractivity contribution is 9.10. The third-order valence-electron chi connectivity index (χ3n) is 8.80. The molecule has 1 atom stereocenters. The molecule has 0 spiro atoms. The molecule has 2 amide bonds. The predicted octanol–water partition coefficient (Wildman–Crippen LogP) is 7.19. The Hall–Kier alpha value is -4.22. The van der Waals surface area contributed by atoms with Gasteiger partial charge in [0, 0.05) is 19.0 Å². The Kier molecular flexibility index (Phi) is 12.1. The number of nitrogens with one attached hydrogen (secondary N) is 1. The topological polar surface area (TPSA) is 96.0 Å². The molecule has 0 aliphatic heterocycles. The normalized spacial score (nSPS) is 14.1. The first-order valence-corrected chi connectivity index (χ1v) is 18.6. The zero-order valence-corrected chi connectivity index (χ0v) is 30.1. The molecule has 0 aromatic heterocycles. The number of benzene rings is 4. The minimum absolute atomic E-state index is 0.0137. The van der Waals surface area contributed by atoms with E-state index in [4.69, 9.17) is 4.74 Å². The lowest BCUT2D eigenvalue weighted by molar-refractivity contribution is -0.140. The van der Waals surface area contributed by atoms with E-state index in [1.54, 1.807) is 42.5 Å². The molecule has 8 nitrogen and oxygen atoms in total. The maximum atomic E-state index is 14.7. The molecule has 49 heavy (non-hydrogen) atoms. The van der Waals surface area contributed by atoms with Crippen LogP contribution < -0.4 is 14.4 Å². The second-order valence-corrected chi connectivity index (χ2v) is 15.1. The number of amides is 2. The number of aryl methyl sites for hydroxylation is 1. The van der Waals surface area contributed by atoms with E-state index in [9.17, 15) is 22.4 Å². The highest BCUT2D eigenvalue weighted by atomic mass is 79.9. The number of hydrogen-bond donors (Lipinski definition) is 1. The van der Waals surface area contributed by atoms with Crippen LogP contribution in [0.5, 0.6) is 5.75 Å². The van der Waals surface area contributed by atoms with Crippen molar-refractivity contribution in [3.63, 3.8) is 0 Å². The summed E-state index contributed by atoms with van der Waals surface area (Å²) in [6.45, 7) is 1.26. The Morgan fingerprint density at radius 2 is 1.59 bits per heavy atom. The molecule has 4 aromatic carbocycles. The van der Waals surface area contributed by atoms with E-state index in [1.165, 1.54) is 36.3 Å². The molecule has 0 radical (unpaired) electrons. The number of hydrogen-bond acceptors (Lipinski definition) is 5. The lowest BCUT2D eigenvalue weighted by Gasteiger charge is -2.35. The average Bonchev–Trinajstić information content (AvgIpc) is 3.10. The van der Waals surface area contributed by atoms with Crippen molar-refractivity contribution in [1.29, 1.82) is 0 Å². The Morgan fingerprint density at radius 1 is 0.918 bits per heavy atom. The van der Waals surface area contributed by atoms with Gasteiger partial charge in [-0.15, -0.1) is 0 Å². The van der Waals surface area contributed by atoms with Crippen molar-refractivity contribution in [2.75, 3.05) is 18.0 Å². The second kappa shape index (κ2) is 16.5. The van der Waals surface area contributed by atoms with Gasteiger partial charge in [-0.3, -0.25) is 13.9 Å². The molecule has 1 aliphatic rings. The molecular formula is C38H41BrFN3O5S. The lowest BCUT2D eigenvalue weighted by atomic mass is 9.94. The van der Waals surface area contributed by atoms with Gasteiger partial charge < -0.3 is 15.0 Å².